The Hall–Kier alpha value is -1.30. The lowest BCUT2D eigenvalue weighted by Gasteiger charge is -2.22. The van der Waals surface area contributed by atoms with Crippen LogP contribution >= 0.6 is 0 Å². The van der Waals surface area contributed by atoms with Crippen LogP contribution in [-0.4, -0.2) is 29.2 Å². The summed E-state index contributed by atoms with van der Waals surface area (Å²) < 4.78 is 0. The molecule has 2 saturated carbocycles. The largest absolute Gasteiger partial charge is 0.395 e. The van der Waals surface area contributed by atoms with E-state index in [0.29, 0.717) is 6.42 Å². The maximum absolute atomic E-state index is 8.77. The van der Waals surface area contributed by atoms with E-state index in [0.717, 1.165) is 24.1 Å². The molecule has 0 heterocycles. The molecule has 1 aromatic rings. The molecule has 1 aromatic carbocycles. The number of benzene rings is 1. The maximum Gasteiger partial charge on any atom is 0.0540 e. The van der Waals surface area contributed by atoms with Crippen molar-refractivity contribution in [1.29, 1.82) is 0 Å². The van der Waals surface area contributed by atoms with Crippen LogP contribution in [0, 0.1) is 17.8 Å². The number of aliphatic hydroxyl groups is 1. The zero-order valence-electron chi connectivity index (χ0n) is 12.0. The highest BCUT2D eigenvalue weighted by atomic mass is 16.2. The van der Waals surface area contributed by atoms with Gasteiger partial charge in [0.1, 0.15) is 0 Å². The van der Waals surface area contributed by atoms with Crippen LogP contribution in [0.15, 0.2) is 24.3 Å². The third-order valence-electron chi connectivity index (χ3n) is 4.04. The molecular weight excluding hydrogens is 246 g/mol. The molecule has 0 atom stereocenters. The second-order valence-corrected chi connectivity index (χ2v) is 6.08. The molecule has 20 heavy (non-hydrogen) atoms. The predicted octanol–water partition coefficient (Wildman–Crippen LogP) is 2.79. The second-order valence-electron chi connectivity index (χ2n) is 6.08. The van der Waals surface area contributed by atoms with Crippen molar-refractivity contribution < 1.29 is 5.11 Å². The third-order valence-corrected chi connectivity index (χ3v) is 4.04. The van der Waals surface area contributed by atoms with Crippen LogP contribution in [0.3, 0.4) is 0 Å². The van der Waals surface area contributed by atoms with Gasteiger partial charge in [-0.3, -0.25) is 4.90 Å². The summed E-state index contributed by atoms with van der Waals surface area (Å²) in [6.07, 6.45) is 6.16. The highest BCUT2D eigenvalue weighted by molar-refractivity contribution is 5.37. The number of hydrogen-bond donors (Lipinski definition) is 1. The molecule has 2 fully saturated rings. The van der Waals surface area contributed by atoms with Gasteiger partial charge in [-0.15, -0.1) is 0 Å². The zero-order chi connectivity index (χ0) is 13.8. The van der Waals surface area contributed by atoms with Crippen LogP contribution in [0.25, 0.3) is 0 Å². The molecule has 0 aromatic heterocycles. The van der Waals surface area contributed by atoms with Crippen molar-refractivity contribution in [3.05, 3.63) is 35.4 Å². The van der Waals surface area contributed by atoms with Gasteiger partial charge in [-0.2, -0.15) is 0 Å². The van der Waals surface area contributed by atoms with Gasteiger partial charge in [-0.25, -0.2) is 0 Å². The molecule has 3 rings (SSSR count). The normalized spacial score (nSPS) is 17.9. The van der Waals surface area contributed by atoms with Gasteiger partial charge in [-0.1, -0.05) is 24.0 Å². The van der Waals surface area contributed by atoms with Crippen molar-refractivity contribution in [3.8, 4) is 11.8 Å². The predicted molar refractivity (Wildman–Crippen MR) is 81.2 cm³/mol. The maximum atomic E-state index is 8.77. The van der Waals surface area contributed by atoms with Crippen LogP contribution in [0.1, 0.15) is 43.2 Å². The Labute approximate surface area is 121 Å². The van der Waals surface area contributed by atoms with Gasteiger partial charge in [0.05, 0.1) is 6.61 Å². The average molecular weight is 269 g/mol. The summed E-state index contributed by atoms with van der Waals surface area (Å²) in [6.45, 7) is 2.49. The first-order valence-electron chi connectivity index (χ1n) is 7.78. The van der Waals surface area contributed by atoms with E-state index in [1.807, 2.05) is 0 Å². The topological polar surface area (TPSA) is 23.5 Å². The fraction of sp³-hybridized carbons (Fsp3) is 0.556. The Morgan fingerprint density at radius 3 is 2.75 bits per heavy atom. The van der Waals surface area contributed by atoms with Crippen LogP contribution in [0.4, 0.5) is 0 Å². The minimum absolute atomic E-state index is 0.142. The van der Waals surface area contributed by atoms with Crippen molar-refractivity contribution in [2.45, 2.75) is 44.7 Å². The van der Waals surface area contributed by atoms with Gasteiger partial charge in [-0.05, 0) is 49.3 Å². The monoisotopic (exact) mass is 269 g/mol. The van der Waals surface area contributed by atoms with E-state index in [9.17, 15) is 0 Å². The van der Waals surface area contributed by atoms with Gasteiger partial charge >= 0.3 is 0 Å². The van der Waals surface area contributed by atoms with Crippen molar-refractivity contribution in [2.24, 2.45) is 5.92 Å². The lowest BCUT2D eigenvalue weighted by atomic mass is 10.1. The van der Waals surface area contributed by atoms with E-state index in [4.69, 9.17) is 5.11 Å². The number of aliphatic hydroxyl groups excluding tert-OH is 1. The molecule has 0 spiro atoms. The van der Waals surface area contributed by atoms with Crippen LogP contribution in [0.2, 0.25) is 0 Å². The van der Waals surface area contributed by atoms with Crippen LogP contribution < -0.4 is 0 Å². The quantitative estimate of drug-likeness (QED) is 0.803. The minimum Gasteiger partial charge on any atom is -0.395 e. The molecule has 0 saturated heterocycles. The number of nitrogens with zero attached hydrogens (tertiary/aromatic N) is 1. The molecule has 2 aliphatic carbocycles. The number of rotatable bonds is 6. The molecule has 0 bridgehead atoms. The molecule has 2 aliphatic rings. The highest BCUT2D eigenvalue weighted by Gasteiger charge is 2.33. The Morgan fingerprint density at radius 1 is 1.20 bits per heavy atom. The highest BCUT2D eigenvalue weighted by Crippen LogP contribution is 2.35. The van der Waals surface area contributed by atoms with E-state index in [1.165, 1.54) is 37.8 Å². The van der Waals surface area contributed by atoms with E-state index in [1.54, 1.807) is 0 Å². The fourth-order valence-corrected chi connectivity index (χ4v) is 2.62. The molecule has 1 N–H and O–H groups in total. The molecule has 0 radical (unpaired) electrons. The van der Waals surface area contributed by atoms with Gasteiger partial charge in [0, 0.05) is 31.1 Å². The molecule has 106 valence electrons. The van der Waals surface area contributed by atoms with Crippen molar-refractivity contribution in [2.75, 3.05) is 13.2 Å². The van der Waals surface area contributed by atoms with E-state index < -0.39 is 0 Å². The SMILES string of the molecule is OCCC#Cc1cccc(CN(CC2CC2)C2CC2)c1. The first-order valence-corrected chi connectivity index (χ1v) is 7.78. The standard InChI is InChI=1S/C18H23NO/c20-11-2-1-4-15-5-3-6-17(12-15)14-19(18-9-10-18)13-16-7-8-16/h3,5-6,12,16,18,20H,2,7-11,13-14H2. The summed E-state index contributed by atoms with van der Waals surface area (Å²) in [5.74, 6) is 7.09. The van der Waals surface area contributed by atoms with Crippen molar-refractivity contribution in [3.63, 3.8) is 0 Å². The lowest BCUT2D eigenvalue weighted by molar-refractivity contribution is 0.244. The minimum atomic E-state index is 0.142. The van der Waals surface area contributed by atoms with Gasteiger partial charge < -0.3 is 5.11 Å². The third kappa shape index (κ3) is 4.10. The summed E-state index contributed by atoms with van der Waals surface area (Å²) >= 11 is 0. The summed E-state index contributed by atoms with van der Waals surface area (Å²) in [6, 6.07) is 9.39. The summed E-state index contributed by atoms with van der Waals surface area (Å²) in [4.78, 5) is 2.66. The molecule has 2 nitrogen and oxygen atoms in total. The van der Waals surface area contributed by atoms with Gasteiger partial charge in [0.25, 0.3) is 0 Å². The number of hydrogen-bond acceptors (Lipinski definition) is 2. The Kier molecular flexibility index (Phi) is 4.40. The lowest BCUT2D eigenvalue weighted by Crippen LogP contribution is -2.27. The van der Waals surface area contributed by atoms with E-state index in [2.05, 4.69) is 41.0 Å². The van der Waals surface area contributed by atoms with Crippen molar-refractivity contribution >= 4 is 0 Å². The Bertz CT molecular complexity index is 506. The summed E-state index contributed by atoms with van der Waals surface area (Å²) in [5, 5.41) is 8.77. The van der Waals surface area contributed by atoms with E-state index >= 15 is 0 Å². The van der Waals surface area contributed by atoms with Gasteiger partial charge in [0.15, 0.2) is 0 Å². The van der Waals surface area contributed by atoms with Crippen LogP contribution in [0.5, 0.6) is 0 Å². The first kappa shape index (κ1) is 13.7. The average Bonchev–Trinajstić information content (AvgIpc) is 3.32. The summed E-state index contributed by atoms with van der Waals surface area (Å²) in [7, 11) is 0. The second kappa shape index (κ2) is 6.43. The van der Waals surface area contributed by atoms with E-state index in [-0.39, 0.29) is 6.61 Å². The molecule has 2 heteroatoms. The molecule has 0 aliphatic heterocycles. The van der Waals surface area contributed by atoms with Gasteiger partial charge in [0.2, 0.25) is 0 Å². The smallest absolute Gasteiger partial charge is 0.0540 e. The summed E-state index contributed by atoms with van der Waals surface area (Å²) in [5.41, 5.74) is 2.44. The first-order chi connectivity index (χ1) is 9.85. The fourth-order valence-electron chi connectivity index (χ4n) is 2.62. The Balaban J connectivity index is 1.63. The van der Waals surface area contributed by atoms with Crippen molar-refractivity contribution in [1.82, 2.24) is 4.90 Å². The Morgan fingerprint density at radius 2 is 2.05 bits per heavy atom. The molecular formula is C18H23NO. The molecule has 0 unspecified atom stereocenters. The molecule has 0 amide bonds. The van der Waals surface area contributed by atoms with Crippen LogP contribution in [-0.2, 0) is 6.54 Å². The zero-order valence-corrected chi connectivity index (χ0v) is 12.0.